The predicted molar refractivity (Wildman–Crippen MR) is 98.9 cm³/mol. The van der Waals surface area contributed by atoms with Crippen LogP contribution in [-0.2, 0) is 12.0 Å². The monoisotopic (exact) mass is 322 g/mol. The molecule has 0 radical (unpaired) electrons. The van der Waals surface area contributed by atoms with E-state index in [0.717, 1.165) is 40.7 Å². The Hall–Kier alpha value is -2.09. The summed E-state index contributed by atoms with van der Waals surface area (Å²) in [6.45, 7) is 12.7. The van der Waals surface area contributed by atoms with Crippen LogP contribution in [0.3, 0.4) is 0 Å². The fourth-order valence-electron chi connectivity index (χ4n) is 3.61. The average Bonchev–Trinajstić information content (AvgIpc) is 2.51. The highest BCUT2D eigenvalue weighted by Gasteiger charge is 2.34. The van der Waals surface area contributed by atoms with Gasteiger partial charge in [-0.25, -0.2) is 0 Å². The molecular weight excluding hydrogens is 296 g/mol. The molecule has 2 heteroatoms. The highest BCUT2D eigenvalue weighted by atomic mass is 16.5. The minimum absolute atomic E-state index is 0.380. The van der Waals surface area contributed by atoms with Gasteiger partial charge in [0.1, 0.15) is 17.6 Å². The van der Waals surface area contributed by atoms with Gasteiger partial charge < -0.3 is 4.74 Å². The van der Waals surface area contributed by atoms with Crippen LogP contribution in [0.2, 0.25) is 0 Å². The molecule has 1 aliphatic rings. The molecule has 0 unspecified atom stereocenters. The number of carbonyl (C=O) groups excluding carboxylic acids is 1. The fourth-order valence-corrected chi connectivity index (χ4v) is 3.61. The topological polar surface area (TPSA) is 26.3 Å². The summed E-state index contributed by atoms with van der Waals surface area (Å²) in [5, 5.41) is 0. The molecule has 0 aromatic heterocycles. The molecule has 0 amide bonds. The average molecular weight is 322 g/mol. The maximum Gasteiger partial charge on any atom is 0.150 e. The Morgan fingerprint density at radius 1 is 1.08 bits per heavy atom. The molecule has 0 aliphatic carbocycles. The SMILES string of the molecule is Cc1c(C=O)cc2c(c1C)OC(C)(C)c1cc(CC(C)C)ccc1-2. The lowest BCUT2D eigenvalue weighted by Gasteiger charge is -2.37. The van der Waals surface area contributed by atoms with Crippen LogP contribution >= 0.6 is 0 Å². The van der Waals surface area contributed by atoms with E-state index in [4.69, 9.17) is 4.74 Å². The summed E-state index contributed by atoms with van der Waals surface area (Å²) in [4.78, 5) is 11.4. The zero-order valence-corrected chi connectivity index (χ0v) is 15.5. The minimum Gasteiger partial charge on any atom is -0.482 e. The van der Waals surface area contributed by atoms with E-state index in [9.17, 15) is 4.79 Å². The van der Waals surface area contributed by atoms with Gasteiger partial charge in [-0.2, -0.15) is 0 Å². The summed E-state index contributed by atoms with van der Waals surface area (Å²) in [7, 11) is 0. The number of hydrogen-bond donors (Lipinski definition) is 0. The Balaban J connectivity index is 2.25. The summed E-state index contributed by atoms with van der Waals surface area (Å²) in [6, 6.07) is 8.65. The third kappa shape index (κ3) is 2.64. The highest BCUT2D eigenvalue weighted by Crippen LogP contribution is 2.48. The Kier molecular flexibility index (Phi) is 4.03. The molecule has 0 saturated heterocycles. The number of benzene rings is 2. The number of hydrogen-bond acceptors (Lipinski definition) is 2. The number of carbonyl (C=O) groups is 1. The number of aldehydes is 1. The van der Waals surface area contributed by atoms with Crippen LogP contribution < -0.4 is 4.74 Å². The van der Waals surface area contributed by atoms with E-state index < -0.39 is 0 Å². The van der Waals surface area contributed by atoms with Crippen LogP contribution in [0.4, 0.5) is 0 Å². The second-order valence-electron chi connectivity index (χ2n) is 7.80. The molecule has 2 aromatic carbocycles. The Labute approximate surface area is 144 Å². The van der Waals surface area contributed by atoms with E-state index in [1.165, 1.54) is 16.7 Å². The second kappa shape index (κ2) is 5.77. The van der Waals surface area contributed by atoms with Crippen LogP contribution in [0.5, 0.6) is 5.75 Å². The van der Waals surface area contributed by atoms with E-state index in [0.29, 0.717) is 5.92 Å². The van der Waals surface area contributed by atoms with Crippen molar-refractivity contribution >= 4 is 6.29 Å². The van der Waals surface area contributed by atoms with Gasteiger partial charge in [0.05, 0.1) is 0 Å². The maximum absolute atomic E-state index is 11.4. The molecular formula is C22H26O2. The summed E-state index contributed by atoms with van der Waals surface area (Å²) in [6.07, 6.45) is 2.00. The van der Waals surface area contributed by atoms with Crippen molar-refractivity contribution in [3.63, 3.8) is 0 Å². The van der Waals surface area contributed by atoms with Crippen molar-refractivity contribution < 1.29 is 9.53 Å². The van der Waals surface area contributed by atoms with Gasteiger partial charge in [0.15, 0.2) is 0 Å². The number of rotatable bonds is 3. The standard InChI is InChI=1S/C22H26O2/c1-13(2)9-16-7-8-18-19-11-17(12-23)14(3)15(4)21(19)24-22(5,6)20(18)10-16/h7-8,10-13H,9H2,1-6H3. The quantitative estimate of drug-likeness (QED) is 0.687. The van der Waals surface area contributed by atoms with Gasteiger partial charge in [-0.3, -0.25) is 4.79 Å². The van der Waals surface area contributed by atoms with Crippen LogP contribution in [0.15, 0.2) is 24.3 Å². The summed E-state index contributed by atoms with van der Waals surface area (Å²) in [5.41, 5.74) is 7.17. The van der Waals surface area contributed by atoms with Gasteiger partial charge >= 0.3 is 0 Å². The molecule has 1 heterocycles. The number of fused-ring (bicyclic) bond motifs is 3. The van der Waals surface area contributed by atoms with Gasteiger partial charge in [0, 0.05) is 16.7 Å². The van der Waals surface area contributed by atoms with Crippen LogP contribution in [-0.4, -0.2) is 6.29 Å². The van der Waals surface area contributed by atoms with Crippen molar-refractivity contribution in [1.29, 1.82) is 0 Å². The van der Waals surface area contributed by atoms with Gasteiger partial charge in [0.25, 0.3) is 0 Å². The fraction of sp³-hybridized carbons (Fsp3) is 0.409. The molecule has 0 atom stereocenters. The summed E-state index contributed by atoms with van der Waals surface area (Å²) < 4.78 is 6.40. The minimum atomic E-state index is -0.380. The Morgan fingerprint density at radius 3 is 2.42 bits per heavy atom. The van der Waals surface area contributed by atoms with Gasteiger partial charge in [-0.15, -0.1) is 0 Å². The van der Waals surface area contributed by atoms with Crippen molar-refractivity contribution in [3.05, 3.63) is 52.1 Å². The third-order valence-electron chi connectivity index (χ3n) is 5.03. The largest absolute Gasteiger partial charge is 0.482 e. The first-order valence-corrected chi connectivity index (χ1v) is 8.66. The molecule has 126 valence electrons. The van der Waals surface area contributed by atoms with E-state index in [2.05, 4.69) is 45.9 Å². The summed E-state index contributed by atoms with van der Waals surface area (Å²) in [5.74, 6) is 1.53. The van der Waals surface area contributed by atoms with Crippen molar-refractivity contribution in [3.8, 4) is 16.9 Å². The zero-order chi connectivity index (χ0) is 17.6. The van der Waals surface area contributed by atoms with Crippen molar-refractivity contribution in [2.75, 3.05) is 0 Å². The zero-order valence-electron chi connectivity index (χ0n) is 15.5. The first kappa shape index (κ1) is 16.8. The molecule has 2 nitrogen and oxygen atoms in total. The normalized spacial score (nSPS) is 14.8. The molecule has 1 aliphatic heterocycles. The first-order chi connectivity index (χ1) is 11.2. The molecule has 0 N–H and O–H groups in total. The van der Waals surface area contributed by atoms with Crippen LogP contribution in [0.1, 0.15) is 60.3 Å². The highest BCUT2D eigenvalue weighted by molar-refractivity contribution is 5.87. The molecule has 0 bridgehead atoms. The third-order valence-corrected chi connectivity index (χ3v) is 5.03. The van der Waals surface area contributed by atoms with Gasteiger partial charge in [-0.05, 0) is 68.4 Å². The number of ether oxygens (including phenoxy) is 1. The van der Waals surface area contributed by atoms with Crippen molar-refractivity contribution in [1.82, 2.24) is 0 Å². The molecule has 2 aromatic rings. The first-order valence-electron chi connectivity index (χ1n) is 8.66. The van der Waals surface area contributed by atoms with Crippen LogP contribution in [0.25, 0.3) is 11.1 Å². The lowest BCUT2D eigenvalue weighted by atomic mass is 9.82. The predicted octanol–water partition coefficient (Wildman–Crippen LogP) is 5.61. The van der Waals surface area contributed by atoms with E-state index >= 15 is 0 Å². The van der Waals surface area contributed by atoms with E-state index in [1.807, 2.05) is 19.9 Å². The summed E-state index contributed by atoms with van der Waals surface area (Å²) >= 11 is 0. The van der Waals surface area contributed by atoms with E-state index in [1.54, 1.807) is 0 Å². The lowest BCUT2D eigenvalue weighted by molar-refractivity contribution is 0.104. The molecule has 0 saturated carbocycles. The Bertz CT molecular complexity index is 813. The molecule has 0 fully saturated rings. The van der Waals surface area contributed by atoms with Gasteiger partial charge in [0.2, 0.25) is 0 Å². The molecule has 24 heavy (non-hydrogen) atoms. The lowest BCUT2D eigenvalue weighted by Crippen LogP contribution is -2.30. The molecule has 3 rings (SSSR count). The van der Waals surface area contributed by atoms with Gasteiger partial charge in [-0.1, -0.05) is 32.0 Å². The maximum atomic E-state index is 11.4. The van der Waals surface area contributed by atoms with Crippen molar-refractivity contribution in [2.45, 2.75) is 53.6 Å². The Morgan fingerprint density at radius 2 is 1.79 bits per heavy atom. The van der Waals surface area contributed by atoms with Crippen molar-refractivity contribution in [2.24, 2.45) is 5.92 Å². The van der Waals surface area contributed by atoms with Crippen LogP contribution in [0, 0.1) is 19.8 Å². The second-order valence-corrected chi connectivity index (χ2v) is 7.80. The molecule has 0 spiro atoms. The smallest absolute Gasteiger partial charge is 0.150 e. The van der Waals surface area contributed by atoms with E-state index in [-0.39, 0.29) is 5.60 Å².